The van der Waals surface area contributed by atoms with Gasteiger partial charge in [-0.1, -0.05) is 6.58 Å². The van der Waals surface area contributed by atoms with Crippen molar-refractivity contribution in [3.63, 3.8) is 0 Å². The summed E-state index contributed by atoms with van der Waals surface area (Å²) >= 11 is 0. The standard InChI is InChI=1S/C16H15F2NO/c1-4-12-9-13(16(2,3)20)14(18)15(19-12)10-5-7-11(17)8-6-10/h4-9,20H,1H2,2-3H3. The molecule has 1 heterocycles. The number of hydrogen-bond donors (Lipinski definition) is 1. The molecule has 2 aromatic rings. The molecule has 0 aliphatic heterocycles. The van der Waals surface area contributed by atoms with Crippen LogP contribution in [0.25, 0.3) is 17.3 Å². The zero-order chi connectivity index (χ0) is 14.9. The number of benzene rings is 1. The lowest BCUT2D eigenvalue weighted by Gasteiger charge is -2.20. The second-order valence-electron chi connectivity index (χ2n) is 5.03. The molecule has 0 aliphatic rings. The molecule has 0 amide bonds. The van der Waals surface area contributed by atoms with Crippen LogP contribution in [0.15, 0.2) is 36.9 Å². The van der Waals surface area contributed by atoms with E-state index in [1.165, 1.54) is 50.3 Å². The lowest BCUT2D eigenvalue weighted by Crippen LogP contribution is -2.19. The van der Waals surface area contributed by atoms with E-state index >= 15 is 0 Å². The molecule has 0 saturated carbocycles. The fraction of sp³-hybridized carbons (Fsp3) is 0.188. The highest BCUT2D eigenvalue weighted by molar-refractivity contribution is 5.63. The first kappa shape index (κ1) is 14.3. The molecule has 0 bridgehead atoms. The predicted molar refractivity (Wildman–Crippen MR) is 74.9 cm³/mol. The summed E-state index contributed by atoms with van der Waals surface area (Å²) in [6.07, 6.45) is 1.47. The summed E-state index contributed by atoms with van der Waals surface area (Å²) in [5.41, 5.74) is -0.262. The van der Waals surface area contributed by atoms with Crippen molar-refractivity contribution < 1.29 is 13.9 Å². The van der Waals surface area contributed by atoms with Crippen molar-refractivity contribution in [2.24, 2.45) is 0 Å². The second-order valence-corrected chi connectivity index (χ2v) is 5.03. The third-order valence-corrected chi connectivity index (χ3v) is 2.96. The summed E-state index contributed by atoms with van der Waals surface area (Å²) in [4.78, 5) is 4.14. The van der Waals surface area contributed by atoms with Gasteiger partial charge in [0.15, 0.2) is 5.82 Å². The van der Waals surface area contributed by atoms with Gasteiger partial charge in [0.2, 0.25) is 0 Å². The monoisotopic (exact) mass is 275 g/mol. The first-order valence-corrected chi connectivity index (χ1v) is 6.14. The van der Waals surface area contributed by atoms with E-state index in [0.717, 1.165) is 0 Å². The first-order valence-electron chi connectivity index (χ1n) is 6.14. The van der Waals surface area contributed by atoms with Crippen LogP contribution < -0.4 is 0 Å². The zero-order valence-corrected chi connectivity index (χ0v) is 11.3. The molecule has 20 heavy (non-hydrogen) atoms. The average molecular weight is 275 g/mol. The maximum absolute atomic E-state index is 14.5. The van der Waals surface area contributed by atoms with Crippen LogP contribution in [0.4, 0.5) is 8.78 Å². The summed E-state index contributed by atoms with van der Waals surface area (Å²) in [6.45, 7) is 6.59. The molecular weight excluding hydrogens is 260 g/mol. The van der Waals surface area contributed by atoms with Crippen LogP contribution in [-0.4, -0.2) is 10.1 Å². The molecule has 0 spiro atoms. The van der Waals surface area contributed by atoms with Crippen LogP contribution in [-0.2, 0) is 5.60 Å². The summed E-state index contributed by atoms with van der Waals surface area (Å²) in [6, 6.07) is 6.82. The predicted octanol–water partition coefficient (Wildman–Crippen LogP) is 3.90. The van der Waals surface area contributed by atoms with Gasteiger partial charge in [-0.25, -0.2) is 13.8 Å². The molecule has 0 atom stereocenters. The number of pyridine rings is 1. The number of halogens is 2. The van der Waals surface area contributed by atoms with E-state index in [9.17, 15) is 13.9 Å². The molecule has 1 N–H and O–H groups in total. The lowest BCUT2D eigenvalue weighted by atomic mass is 9.95. The minimum absolute atomic E-state index is 0.0690. The van der Waals surface area contributed by atoms with Crippen LogP contribution in [0.1, 0.15) is 25.1 Å². The zero-order valence-electron chi connectivity index (χ0n) is 11.3. The highest BCUT2D eigenvalue weighted by Gasteiger charge is 2.24. The van der Waals surface area contributed by atoms with Gasteiger partial charge in [0, 0.05) is 11.1 Å². The van der Waals surface area contributed by atoms with Crippen LogP contribution in [0, 0.1) is 11.6 Å². The Balaban J connectivity index is 2.69. The second kappa shape index (κ2) is 5.13. The SMILES string of the molecule is C=Cc1cc(C(C)(C)O)c(F)c(-c2ccc(F)cc2)n1. The number of aliphatic hydroxyl groups is 1. The minimum Gasteiger partial charge on any atom is -0.386 e. The molecular formula is C16H15F2NO. The van der Waals surface area contributed by atoms with Gasteiger partial charge in [0.25, 0.3) is 0 Å². The fourth-order valence-corrected chi connectivity index (χ4v) is 1.90. The van der Waals surface area contributed by atoms with Gasteiger partial charge < -0.3 is 5.11 Å². The Labute approximate surface area is 116 Å². The Kier molecular flexibility index (Phi) is 3.68. The van der Waals surface area contributed by atoms with Gasteiger partial charge in [-0.3, -0.25) is 0 Å². The Morgan fingerprint density at radius 3 is 2.30 bits per heavy atom. The maximum Gasteiger partial charge on any atom is 0.155 e. The van der Waals surface area contributed by atoms with Crippen LogP contribution in [0.5, 0.6) is 0 Å². The van der Waals surface area contributed by atoms with Crippen LogP contribution >= 0.6 is 0 Å². The van der Waals surface area contributed by atoms with Gasteiger partial charge in [-0.2, -0.15) is 0 Å². The Morgan fingerprint density at radius 2 is 1.80 bits per heavy atom. The third kappa shape index (κ3) is 2.75. The molecule has 104 valence electrons. The molecule has 1 aromatic heterocycles. The Hall–Kier alpha value is -2.07. The van der Waals surface area contributed by atoms with E-state index in [0.29, 0.717) is 11.3 Å². The summed E-state index contributed by atoms with van der Waals surface area (Å²) in [5.74, 6) is -1.02. The lowest BCUT2D eigenvalue weighted by molar-refractivity contribution is 0.0745. The Morgan fingerprint density at radius 1 is 1.20 bits per heavy atom. The maximum atomic E-state index is 14.5. The minimum atomic E-state index is -1.35. The van der Waals surface area contributed by atoms with Crippen molar-refractivity contribution in [3.05, 3.63) is 59.8 Å². The van der Waals surface area contributed by atoms with Crippen molar-refractivity contribution >= 4 is 6.08 Å². The van der Waals surface area contributed by atoms with Gasteiger partial charge in [0.05, 0.1) is 11.3 Å². The molecule has 0 saturated heterocycles. The quantitative estimate of drug-likeness (QED) is 0.921. The van der Waals surface area contributed by atoms with E-state index < -0.39 is 17.2 Å². The van der Waals surface area contributed by atoms with Crippen LogP contribution in [0.3, 0.4) is 0 Å². The van der Waals surface area contributed by atoms with Crippen LogP contribution in [0.2, 0.25) is 0 Å². The van der Waals surface area contributed by atoms with Gasteiger partial charge in [0.1, 0.15) is 11.5 Å². The van der Waals surface area contributed by atoms with E-state index in [4.69, 9.17) is 0 Å². The molecule has 4 heteroatoms. The van der Waals surface area contributed by atoms with Gasteiger partial charge >= 0.3 is 0 Å². The molecule has 2 nitrogen and oxygen atoms in total. The fourth-order valence-electron chi connectivity index (χ4n) is 1.90. The van der Waals surface area contributed by atoms with Crippen molar-refractivity contribution in [1.29, 1.82) is 0 Å². The highest BCUT2D eigenvalue weighted by Crippen LogP contribution is 2.30. The normalized spacial score (nSPS) is 11.4. The van der Waals surface area contributed by atoms with Crippen molar-refractivity contribution in [3.8, 4) is 11.3 Å². The summed E-state index contributed by atoms with van der Waals surface area (Å²) in [7, 11) is 0. The third-order valence-electron chi connectivity index (χ3n) is 2.96. The largest absolute Gasteiger partial charge is 0.386 e. The molecule has 0 aliphatic carbocycles. The summed E-state index contributed by atoms with van der Waals surface area (Å²) < 4.78 is 27.5. The topological polar surface area (TPSA) is 33.1 Å². The number of rotatable bonds is 3. The molecule has 0 radical (unpaired) electrons. The van der Waals surface area contributed by atoms with E-state index in [2.05, 4.69) is 11.6 Å². The van der Waals surface area contributed by atoms with E-state index in [1.54, 1.807) is 0 Å². The van der Waals surface area contributed by atoms with Gasteiger partial charge in [-0.05, 0) is 50.3 Å². The number of aromatic nitrogens is 1. The van der Waals surface area contributed by atoms with Crippen molar-refractivity contribution in [2.45, 2.75) is 19.4 Å². The van der Waals surface area contributed by atoms with Crippen molar-refractivity contribution in [1.82, 2.24) is 4.98 Å². The Bertz CT molecular complexity index is 643. The average Bonchev–Trinajstić information content (AvgIpc) is 2.39. The highest BCUT2D eigenvalue weighted by atomic mass is 19.1. The van der Waals surface area contributed by atoms with Gasteiger partial charge in [-0.15, -0.1) is 0 Å². The number of hydrogen-bond acceptors (Lipinski definition) is 2. The summed E-state index contributed by atoms with van der Waals surface area (Å²) in [5, 5.41) is 10.0. The first-order chi connectivity index (χ1) is 9.32. The molecule has 0 fully saturated rings. The molecule has 0 unspecified atom stereocenters. The van der Waals surface area contributed by atoms with E-state index in [-0.39, 0.29) is 11.3 Å². The molecule has 2 rings (SSSR count). The van der Waals surface area contributed by atoms with E-state index in [1.807, 2.05) is 0 Å². The number of nitrogens with zero attached hydrogens (tertiary/aromatic N) is 1. The van der Waals surface area contributed by atoms with Crippen molar-refractivity contribution in [2.75, 3.05) is 0 Å². The molecule has 1 aromatic carbocycles. The smallest absolute Gasteiger partial charge is 0.155 e.